The number of methoxy groups -OCH3 is 1. The topological polar surface area (TPSA) is 61.3 Å². The Labute approximate surface area is 117 Å². The quantitative estimate of drug-likeness (QED) is 0.850. The van der Waals surface area contributed by atoms with Crippen LogP contribution in [0.25, 0.3) is 0 Å². The van der Waals surface area contributed by atoms with Crippen LogP contribution in [0.5, 0.6) is 5.75 Å². The lowest BCUT2D eigenvalue weighted by molar-refractivity contribution is 0.411. The van der Waals surface area contributed by atoms with Crippen LogP contribution >= 0.6 is 11.8 Å². The van der Waals surface area contributed by atoms with Crippen LogP contribution in [0.3, 0.4) is 0 Å². The van der Waals surface area contributed by atoms with E-state index in [1.54, 1.807) is 25.1 Å². The van der Waals surface area contributed by atoms with Crippen molar-refractivity contribution in [3.8, 4) is 5.75 Å². The van der Waals surface area contributed by atoms with Crippen molar-refractivity contribution >= 4 is 11.8 Å². The summed E-state index contributed by atoms with van der Waals surface area (Å²) >= 11 is 1.55. The summed E-state index contributed by atoms with van der Waals surface area (Å²) in [6.07, 6.45) is 1.65. The second-order valence-electron chi connectivity index (χ2n) is 4.40. The highest BCUT2D eigenvalue weighted by atomic mass is 32.2. The summed E-state index contributed by atoms with van der Waals surface area (Å²) in [6, 6.07) is 6.04. The Kier molecular flexibility index (Phi) is 4.50. The fourth-order valence-corrected chi connectivity index (χ4v) is 2.56. The minimum absolute atomic E-state index is 0.0126. The molecule has 0 amide bonds. The first kappa shape index (κ1) is 14.0. The van der Waals surface area contributed by atoms with E-state index < -0.39 is 0 Å². The van der Waals surface area contributed by atoms with Gasteiger partial charge in [0.05, 0.1) is 12.8 Å². The average Bonchev–Trinajstić information content (AvgIpc) is 2.81. The molecule has 1 unspecified atom stereocenters. The maximum Gasteiger partial charge on any atom is 0.256 e. The Morgan fingerprint density at radius 1 is 1.47 bits per heavy atom. The monoisotopic (exact) mass is 278 g/mol. The Hall–Kier alpha value is -1.46. The van der Waals surface area contributed by atoms with Gasteiger partial charge in [0, 0.05) is 17.4 Å². The molecule has 0 aliphatic rings. The number of nitrogens with zero attached hydrogens (tertiary/aromatic N) is 1. The lowest BCUT2D eigenvalue weighted by Gasteiger charge is -2.12. The third kappa shape index (κ3) is 3.52. The van der Waals surface area contributed by atoms with E-state index >= 15 is 0 Å². The van der Waals surface area contributed by atoms with Crippen molar-refractivity contribution in [1.82, 2.24) is 4.98 Å². The normalized spacial score (nSPS) is 12.4. The molecule has 0 saturated carbocycles. The van der Waals surface area contributed by atoms with Gasteiger partial charge in [-0.15, -0.1) is 0 Å². The maximum absolute atomic E-state index is 5.91. The van der Waals surface area contributed by atoms with Crippen molar-refractivity contribution < 1.29 is 9.15 Å². The van der Waals surface area contributed by atoms with Crippen molar-refractivity contribution in [3.63, 3.8) is 0 Å². The van der Waals surface area contributed by atoms with Crippen molar-refractivity contribution in [3.05, 3.63) is 41.3 Å². The zero-order valence-corrected chi connectivity index (χ0v) is 12.2. The molecule has 5 heteroatoms. The summed E-state index contributed by atoms with van der Waals surface area (Å²) in [5, 5.41) is 0.672. The van der Waals surface area contributed by atoms with Crippen LogP contribution in [-0.2, 0) is 5.75 Å². The highest BCUT2D eigenvalue weighted by molar-refractivity contribution is 7.98. The third-order valence-corrected chi connectivity index (χ3v) is 3.67. The highest BCUT2D eigenvalue weighted by Crippen LogP contribution is 2.29. The Morgan fingerprint density at radius 3 is 2.84 bits per heavy atom. The zero-order valence-electron chi connectivity index (χ0n) is 11.3. The smallest absolute Gasteiger partial charge is 0.256 e. The van der Waals surface area contributed by atoms with Gasteiger partial charge in [0.15, 0.2) is 0 Å². The van der Waals surface area contributed by atoms with Crippen LogP contribution in [0, 0.1) is 6.92 Å². The molecule has 0 fully saturated rings. The predicted octanol–water partition coefficient (Wildman–Crippen LogP) is 3.30. The van der Waals surface area contributed by atoms with Crippen LogP contribution in [0.15, 0.2) is 34.1 Å². The van der Waals surface area contributed by atoms with Gasteiger partial charge in [0.2, 0.25) is 0 Å². The van der Waals surface area contributed by atoms with Gasteiger partial charge in [-0.25, -0.2) is 4.98 Å². The number of ether oxygens (including phenoxy) is 1. The molecular weight excluding hydrogens is 260 g/mol. The first-order chi connectivity index (χ1) is 9.10. The largest absolute Gasteiger partial charge is 0.496 e. The predicted molar refractivity (Wildman–Crippen MR) is 76.4 cm³/mol. The lowest BCUT2D eigenvalue weighted by Crippen LogP contribution is -2.05. The average molecular weight is 278 g/mol. The summed E-state index contributed by atoms with van der Waals surface area (Å²) in [6.45, 7) is 3.88. The molecule has 2 N–H and O–H groups in total. The molecule has 1 atom stereocenters. The summed E-state index contributed by atoms with van der Waals surface area (Å²) in [5.74, 6) is 1.60. The molecule has 19 heavy (non-hydrogen) atoms. The number of oxazole rings is 1. The van der Waals surface area contributed by atoms with Crippen molar-refractivity contribution in [2.24, 2.45) is 5.73 Å². The first-order valence-corrected chi connectivity index (χ1v) is 7.06. The van der Waals surface area contributed by atoms with Gasteiger partial charge in [0.1, 0.15) is 12.0 Å². The molecule has 0 bridgehead atoms. The van der Waals surface area contributed by atoms with Gasteiger partial charge in [-0.05, 0) is 31.5 Å². The maximum atomic E-state index is 5.91. The van der Waals surface area contributed by atoms with Crippen molar-refractivity contribution in [1.29, 1.82) is 0 Å². The number of aromatic nitrogens is 1. The van der Waals surface area contributed by atoms with E-state index in [2.05, 4.69) is 11.1 Å². The molecule has 1 heterocycles. The van der Waals surface area contributed by atoms with Crippen molar-refractivity contribution in [2.45, 2.75) is 30.9 Å². The highest BCUT2D eigenvalue weighted by Gasteiger charge is 2.09. The number of hydrogen-bond acceptors (Lipinski definition) is 5. The van der Waals surface area contributed by atoms with E-state index in [0.717, 1.165) is 28.3 Å². The minimum atomic E-state index is 0.0126. The summed E-state index contributed by atoms with van der Waals surface area (Å²) < 4.78 is 10.7. The van der Waals surface area contributed by atoms with Crippen molar-refractivity contribution in [2.75, 3.05) is 7.11 Å². The second-order valence-corrected chi connectivity index (χ2v) is 5.33. The number of thioether (sulfide) groups is 1. The Morgan fingerprint density at radius 2 is 2.26 bits per heavy atom. The van der Waals surface area contributed by atoms with Gasteiger partial charge in [-0.1, -0.05) is 17.8 Å². The Balaban J connectivity index is 2.15. The fraction of sp³-hybridized carbons (Fsp3) is 0.357. The van der Waals surface area contributed by atoms with Gasteiger partial charge < -0.3 is 14.9 Å². The van der Waals surface area contributed by atoms with E-state index in [9.17, 15) is 0 Å². The van der Waals surface area contributed by atoms with E-state index in [0.29, 0.717) is 5.22 Å². The third-order valence-electron chi connectivity index (χ3n) is 2.78. The van der Waals surface area contributed by atoms with Crippen LogP contribution < -0.4 is 10.5 Å². The summed E-state index contributed by atoms with van der Waals surface area (Å²) in [7, 11) is 1.67. The number of benzene rings is 1. The molecule has 4 nitrogen and oxygen atoms in total. The zero-order chi connectivity index (χ0) is 13.8. The number of rotatable bonds is 5. The molecule has 0 aliphatic carbocycles. The minimum Gasteiger partial charge on any atom is -0.496 e. The molecule has 1 aromatic carbocycles. The fourth-order valence-electron chi connectivity index (χ4n) is 1.73. The van der Waals surface area contributed by atoms with Crippen LogP contribution in [0.4, 0.5) is 0 Å². The summed E-state index contributed by atoms with van der Waals surface area (Å²) in [5.41, 5.74) is 8.99. The number of hydrogen-bond donors (Lipinski definition) is 1. The first-order valence-electron chi connectivity index (χ1n) is 6.07. The van der Waals surface area contributed by atoms with E-state index in [1.165, 1.54) is 0 Å². The molecule has 0 spiro atoms. The van der Waals surface area contributed by atoms with Gasteiger partial charge >= 0.3 is 0 Å². The molecule has 0 radical (unpaired) electrons. The van der Waals surface area contributed by atoms with Crippen LogP contribution in [0.1, 0.15) is 29.8 Å². The van der Waals surface area contributed by atoms with Gasteiger partial charge in [0.25, 0.3) is 5.22 Å². The molecular formula is C14H18N2O2S. The lowest BCUT2D eigenvalue weighted by atomic mass is 10.1. The molecule has 2 aromatic rings. The molecule has 1 aromatic heterocycles. The van der Waals surface area contributed by atoms with Crippen LogP contribution in [0.2, 0.25) is 0 Å². The SMILES string of the molecule is COc1ccc(C(C)N)cc1CSc1nc(C)co1. The second kappa shape index (κ2) is 6.12. The molecule has 2 rings (SSSR count). The molecule has 102 valence electrons. The van der Waals surface area contributed by atoms with Gasteiger partial charge in [-0.3, -0.25) is 0 Å². The molecule has 0 aliphatic heterocycles. The van der Waals surface area contributed by atoms with E-state index in [-0.39, 0.29) is 6.04 Å². The van der Waals surface area contributed by atoms with Gasteiger partial charge in [-0.2, -0.15) is 0 Å². The number of nitrogens with two attached hydrogens (primary N) is 1. The van der Waals surface area contributed by atoms with E-state index in [1.807, 2.05) is 26.0 Å². The standard InChI is InChI=1S/C14H18N2O2S/c1-9-7-18-14(16-9)19-8-12-6-11(10(2)15)4-5-13(12)17-3/h4-7,10H,8,15H2,1-3H3. The van der Waals surface area contributed by atoms with E-state index in [4.69, 9.17) is 14.9 Å². The molecule has 0 saturated heterocycles. The Bertz CT molecular complexity index is 552. The van der Waals surface area contributed by atoms with Crippen LogP contribution in [-0.4, -0.2) is 12.1 Å². The number of aryl methyl sites for hydroxylation is 1. The summed E-state index contributed by atoms with van der Waals surface area (Å²) in [4.78, 5) is 4.27.